The lowest BCUT2D eigenvalue weighted by Crippen LogP contribution is -2.71. The van der Waals surface area contributed by atoms with E-state index in [9.17, 15) is 27.9 Å². The zero-order valence-electron chi connectivity index (χ0n) is 19.3. The number of halogens is 1. The molecule has 0 aliphatic carbocycles. The molecule has 3 aliphatic heterocycles. The summed E-state index contributed by atoms with van der Waals surface area (Å²) in [5.41, 5.74) is 6.29. The molecule has 1 aromatic heterocycles. The van der Waals surface area contributed by atoms with E-state index in [1.165, 1.54) is 23.8 Å². The van der Waals surface area contributed by atoms with Crippen molar-refractivity contribution in [3.8, 4) is 0 Å². The van der Waals surface area contributed by atoms with Crippen LogP contribution in [-0.2, 0) is 33.0 Å². The second-order valence-electron chi connectivity index (χ2n) is 7.97. The molecule has 4 N–H and O–H groups in total. The van der Waals surface area contributed by atoms with Crippen LogP contribution in [0.4, 0.5) is 5.13 Å². The number of amides is 2. The Hall–Kier alpha value is -2.40. The van der Waals surface area contributed by atoms with Gasteiger partial charge in [-0.05, 0) is 17.9 Å². The van der Waals surface area contributed by atoms with E-state index in [0.717, 1.165) is 24.0 Å². The fourth-order valence-electron chi connectivity index (χ4n) is 3.90. The summed E-state index contributed by atoms with van der Waals surface area (Å²) in [5.74, 6) is -1.77. The van der Waals surface area contributed by atoms with Crippen molar-refractivity contribution < 1.29 is 37.5 Å². The minimum absolute atomic E-state index is 0.0453. The second kappa shape index (κ2) is 11.3. The van der Waals surface area contributed by atoms with Gasteiger partial charge in [-0.15, -0.1) is 23.1 Å². The lowest BCUT2D eigenvalue weighted by Gasteiger charge is -2.50. The highest BCUT2D eigenvalue weighted by atomic mass is 35.7. The molecule has 36 heavy (non-hydrogen) atoms. The van der Waals surface area contributed by atoms with E-state index in [0.29, 0.717) is 17.9 Å². The molecule has 1 aromatic rings. The van der Waals surface area contributed by atoms with Crippen LogP contribution in [0.15, 0.2) is 21.8 Å². The van der Waals surface area contributed by atoms with Crippen LogP contribution in [0.2, 0.25) is 0 Å². The summed E-state index contributed by atoms with van der Waals surface area (Å²) in [7, 11) is 2.59. The van der Waals surface area contributed by atoms with E-state index in [1.807, 2.05) is 6.92 Å². The number of β-lactam (4-membered cyclic amide) rings is 1. The van der Waals surface area contributed by atoms with Gasteiger partial charge in [0.25, 0.3) is 11.8 Å². The Morgan fingerprint density at radius 3 is 2.61 bits per heavy atom. The molecule has 4 rings (SSSR count). The summed E-state index contributed by atoms with van der Waals surface area (Å²) in [4.78, 5) is 47.6. The number of thioether (sulfide) groups is 1. The summed E-state index contributed by atoms with van der Waals surface area (Å²) in [5, 5.41) is 17.4. The molecular formula is C19H24ClN5O8S3. The molecule has 3 aliphatic rings. The van der Waals surface area contributed by atoms with Crippen molar-refractivity contribution >= 4 is 71.5 Å². The summed E-state index contributed by atoms with van der Waals surface area (Å²) < 4.78 is 24.5. The smallest absolute Gasteiger partial charge is 0.352 e. The number of hydrogen-bond acceptors (Lipinski definition) is 12. The third-order valence-electron chi connectivity index (χ3n) is 5.38. The number of nitrogens with zero attached hydrogens (tertiary/aromatic N) is 3. The number of ether oxygens (including phenoxy) is 1. The Balaban J connectivity index is 0.000000658. The van der Waals surface area contributed by atoms with E-state index in [1.54, 1.807) is 5.38 Å². The average Bonchev–Trinajstić information content (AvgIpc) is 3.41. The standard InChI is InChI=1S/C18H21N5O6S2.CH3ClO2S/c1-7-3-4-29-13(7)8-5-30-16-11(15(25)23(16)12(8)17(26)27)21-14(24)10(22-28-2)9-6-31-18(19)20-9;1-5(2,3)4/h6-7,11,13,16H,3-5H2,1-2H3,(H2,19,20)(H,21,24)(H,26,27);1H3/b22-10-;/t7-,11-,13+,16-;/m1./s1. The molecule has 13 nitrogen and oxygen atoms in total. The Kier molecular flexibility index (Phi) is 8.87. The number of carboxylic acid groups (broad SMARTS) is 1. The number of fused-ring (bicyclic) bond motifs is 1. The van der Waals surface area contributed by atoms with Crippen LogP contribution >= 0.6 is 33.8 Å². The number of anilines is 1. The summed E-state index contributed by atoms with van der Waals surface area (Å²) in [6, 6.07) is -0.895. The first kappa shape index (κ1) is 28.2. The number of nitrogens with one attached hydrogen (secondary N) is 1. The van der Waals surface area contributed by atoms with Crippen molar-refractivity contribution in [1.29, 1.82) is 0 Å². The maximum absolute atomic E-state index is 12.9. The van der Waals surface area contributed by atoms with Gasteiger partial charge in [0.1, 0.15) is 29.9 Å². The number of hydrogen-bond donors (Lipinski definition) is 3. The van der Waals surface area contributed by atoms with Crippen LogP contribution in [0, 0.1) is 5.92 Å². The van der Waals surface area contributed by atoms with Crippen LogP contribution in [0.3, 0.4) is 0 Å². The third-order valence-corrected chi connectivity index (χ3v) is 7.36. The van der Waals surface area contributed by atoms with Crippen LogP contribution in [0.1, 0.15) is 19.0 Å². The van der Waals surface area contributed by atoms with Gasteiger partial charge in [0.15, 0.2) is 10.8 Å². The number of thiazole rings is 1. The first-order valence-corrected chi connectivity index (χ1v) is 15.0. The summed E-state index contributed by atoms with van der Waals surface area (Å²) >= 11 is 2.53. The van der Waals surface area contributed by atoms with Gasteiger partial charge >= 0.3 is 5.97 Å². The molecule has 2 saturated heterocycles. The summed E-state index contributed by atoms with van der Waals surface area (Å²) in [6.07, 6.45) is 1.44. The molecule has 0 radical (unpaired) electrons. The molecule has 0 aromatic carbocycles. The molecule has 2 amide bonds. The van der Waals surface area contributed by atoms with Gasteiger partial charge in [0.05, 0.1) is 12.4 Å². The number of carbonyl (C=O) groups excluding carboxylic acids is 2. The highest BCUT2D eigenvalue weighted by Gasteiger charge is 2.55. The normalized spacial score (nSPS) is 25.9. The van der Waals surface area contributed by atoms with E-state index in [2.05, 4.69) is 26.1 Å². The lowest BCUT2D eigenvalue weighted by atomic mass is 9.94. The van der Waals surface area contributed by atoms with Crippen molar-refractivity contribution in [2.45, 2.75) is 30.9 Å². The van der Waals surface area contributed by atoms with Crippen LogP contribution < -0.4 is 11.1 Å². The van der Waals surface area contributed by atoms with Gasteiger partial charge in [-0.25, -0.2) is 18.2 Å². The molecule has 0 spiro atoms. The van der Waals surface area contributed by atoms with Gasteiger partial charge < -0.3 is 25.7 Å². The third kappa shape index (κ3) is 6.29. The number of rotatable bonds is 6. The minimum atomic E-state index is -3.19. The molecule has 2 fully saturated rings. The number of aliphatic carboxylic acids is 1. The van der Waals surface area contributed by atoms with E-state index >= 15 is 0 Å². The van der Waals surface area contributed by atoms with Gasteiger partial charge in [-0.2, -0.15) is 0 Å². The van der Waals surface area contributed by atoms with Crippen LogP contribution in [-0.4, -0.2) is 90.1 Å². The Labute approximate surface area is 219 Å². The van der Waals surface area contributed by atoms with E-state index in [-0.39, 0.29) is 34.3 Å². The van der Waals surface area contributed by atoms with Crippen molar-refractivity contribution in [2.75, 3.05) is 31.5 Å². The molecule has 4 heterocycles. The number of oxime groups is 1. The number of carbonyl (C=O) groups is 3. The van der Waals surface area contributed by atoms with Crippen LogP contribution in [0.5, 0.6) is 0 Å². The van der Waals surface area contributed by atoms with Crippen molar-refractivity contribution in [1.82, 2.24) is 15.2 Å². The molecule has 0 unspecified atom stereocenters. The SMILES string of the molecule is CO/N=C(\C(=O)N[C@@H]1C(=O)N2C(C(=O)O)=C([C@H]3OCC[C@H]3C)CS[C@H]12)c1csc(N)n1.CS(=O)(=O)Cl. The minimum Gasteiger partial charge on any atom is -0.477 e. The number of nitrogen functional groups attached to an aromatic ring is 1. The number of carboxylic acids is 1. The van der Waals surface area contributed by atoms with Crippen molar-refractivity contribution in [3.63, 3.8) is 0 Å². The summed E-state index contributed by atoms with van der Waals surface area (Å²) in [6.45, 7) is 2.56. The highest BCUT2D eigenvalue weighted by molar-refractivity contribution is 8.13. The molecule has 4 atom stereocenters. The maximum Gasteiger partial charge on any atom is 0.352 e. The van der Waals surface area contributed by atoms with E-state index < -0.39 is 38.3 Å². The molecular weight excluding hydrogens is 558 g/mol. The second-order valence-corrected chi connectivity index (χ2v) is 13.0. The predicted octanol–water partition coefficient (Wildman–Crippen LogP) is 0.424. The van der Waals surface area contributed by atoms with Gasteiger partial charge in [-0.3, -0.25) is 14.5 Å². The lowest BCUT2D eigenvalue weighted by molar-refractivity contribution is -0.150. The fraction of sp³-hybridized carbons (Fsp3) is 0.526. The van der Waals surface area contributed by atoms with Gasteiger partial charge in [-0.1, -0.05) is 12.1 Å². The van der Waals surface area contributed by atoms with E-state index in [4.69, 9.17) is 15.3 Å². The maximum atomic E-state index is 12.9. The zero-order valence-corrected chi connectivity index (χ0v) is 22.5. The fourth-order valence-corrected chi connectivity index (χ4v) is 5.84. The first-order valence-electron chi connectivity index (χ1n) is 10.4. The number of aromatic nitrogens is 1. The molecule has 0 bridgehead atoms. The largest absolute Gasteiger partial charge is 0.477 e. The topological polar surface area (TPSA) is 191 Å². The highest BCUT2D eigenvalue weighted by Crippen LogP contribution is 2.43. The zero-order chi connectivity index (χ0) is 26.8. The monoisotopic (exact) mass is 581 g/mol. The predicted molar refractivity (Wildman–Crippen MR) is 134 cm³/mol. The average molecular weight is 582 g/mol. The van der Waals surface area contributed by atoms with Crippen molar-refractivity contribution in [3.05, 3.63) is 22.3 Å². The Bertz CT molecular complexity index is 1210. The van der Waals surface area contributed by atoms with Gasteiger partial charge in [0, 0.05) is 28.4 Å². The Morgan fingerprint density at radius 2 is 2.11 bits per heavy atom. The quantitative estimate of drug-likeness (QED) is 0.183. The van der Waals surface area contributed by atoms with Crippen LogP contribution in [0.25, 0.3) is 0 Å². The first-order chi connectivity index (χ1) is 16.8. The van der Waals surface area contributed by atoms with Crippen molar-refractivity contribution in [2.24, 2.45) is 11.1 Å². The van der Waals surface area contributed by atoms with Gasteiger partial charge in [0.2, 0.25) is 9.05 Å². The Morgan fingerprint density at radius 1 is 1.44 bits per heavy atom. The molecule has 17 heteroatoms. The molecule has 198 valence electrons. The number of nitrogens with two attached hydrogens (primary N) is 1. The molecule has 0 saturated carbocycles.